The zero-order valence-corrected chi connectivity index (χ0v) is 12.2. The molecule has 0 bridgehead atoms. The van der Waals surface area contributed by atoms with E-state index in [1.807, 2.05) is 18.2 Å². The van der Waals surface area contributed by atoms with Crippen molar-refractivity contribution < 1.29 is 4.74 Å². The van der Waals surface area contributed by atoms with Crippen molar-refractivity contribution in [2.75, 3.05) is 31.1 Å². The summed E-state index contributed by atoms with van der Waals surface area (Å²) in [6.45, 7) is 7.35. The molecular formula is C15H22N4O. The number of hydrogen-bond donors (Lipinski definition) is 1. The molecule has 5 heteroatoms. The normalized spacial score (nSPS) is 18.6. The van der Waals surface area contributed by atoms with E-state index in [2.05, 4.69) is 29.3 Å². The van der Waals surface area contributed by atoms with Crippen LogP contribution >= 0.6 is 0 Å². The van der Waals surface area contributed by atoms with Crippen LogP contribution in [0.4, 0.5) is 5.82 Å². The topological polar surface area (TPSA) is 55.8 Å². The van der Waals surface area contributed by atoms with Crippen molar-refractivity contribution in [3.63, 3.8) is 0 Å². The molecule has 2 aromatic heterocycles. The van der Waals surface area contributed by atoms with Gasteiger partial charge in [0.15, 0.2) is 5.82 Å². The first-order valence-corrected chi connectivity index (χ1v) is 7.16. The SMILES string of the molecule is CC1(C)CN(c2nc3ccccn3c2CCN)CCO1. The van der Waals surface area contributed by atoms with E-state index >= 15 is 0 Å². The number of aromatic nitrogens is 2. The maximum Gasteiger partial charge on any atom is 0.151 e. The van der Waals surface area contributed by atoms with Gasteiger partial charge in [-0.2, -0.15) is 0 Å². The maximum atomic E-state index is 5.79. The zero-order valence-electron chi connectivity index (χ0n) is 12.2. The number of nitrogens with two attached hydrogens (primary N) is 1. The molecule has 0 unspecified atom stereocenters. The van der Waals surface area contributed by atoms with Gasteiger partial charge in [-0.05, 0) is 32.5 Å². The van der Waals surface area contributed by atoms with Gasteiger partial charge in [-0.25, -0.2) is 4.98 Å². The van der Waals surface area contributed by atoms with Crippen LogP contribution in [0.5, 0.6) is 0 Å². The molecule has 0 saturated carbocycles. The molecule has 0 aromatic carbocycles. The van der Waals surface area contributed by atoms with Gasteiger partial charge in [-0.1, -0.05) is 6.07 Å². The van der Waals surface area contributed by atoms with Gasteiger partial charge in [0, 0.05) is 25.7 Å². The van der Waals surface area contributed by atoms with E-state index in [0.29, 0.717) is 6.54 Å². The molecule has 2 N–H and O–H groups in total. The highest BCUT2D eigenvalue weighted by Gasteiger charge is 2.30. The van der Waals surface area contributed by atoms with Gasteiger partial charge in [0.1, 0.15) is 5.65 Å². The number of pyridine rings is 1. The average molecular weight is 274 g/mol. The van der Waals surface area contributed by atoms with Crippen LogP contribution in [0.15, 0.2) is 24.4 Å². The Bertz CT molecular complexity index is 605. The van der Waals surface area contributed by atoms with Crippen LogP contribution in [0.2, 0.25) is 0 Å². The first kappa shape index (κ1) is 13.4. The molecule has 0 amide bonds. The van der Waals surface area contributed by atoms with Crippen LogP contribution in [0.3, 0.4) is 0 Å². The van der Waals surface area contributed by atoms with Crippen LogP contribution in [0.25, 0.3) is 5.65 Å². The first-order valence-electron chi connectivity index (χ1n) is 7.16. The summed E-state index contributed by atoms with van der Waals surface area (Å²) < 4.78 is 7.93. The molecule has 0 aliphatic carbocycles. The van der Waals surface area contributed by atoms with E-state index < -0.39 is 0 Å². The fourth-order valence-corrected chi connectivity index (χ4v) is 2.85. The summed E-state index contributed by atoms with van der Waals surface area (Å²) in [5, 5.41) is 0. The van der Waals surface area contributed by atoms with Crippen molar-refractivity contribution in [1.82, 2.24) is 9.38 Å². The molecule has 0 radical (unpaired) electrons. The van der Waals surface area contributed by atoms with Crippen molar-refractivity contribution in [3.05, 3.63) is 30.1 Å². The Morgan fingerprint density at radius 3 is 3.00 bits per heavy atom. The molecule has 1 fully saturated rings. The summed E-state index contributed by atoms with van der Waals surface area (Å²) in [6.07, 6.45) is 2.89. The molecule has 3 rings (SSSR count). The zero-order chi connectivity index (χ0) is 14.2. The maximum absolute atomic E-state index is 5.79. The van der Waals surface area contributed by atoms with Crippen LogP contribution < -0.4 is 10.6 Å². The van der Waals surface area contributed by atoms with Gasteiger partial charge in [-0.15, -0.1) is 0 Å². The number of anilines is 1. The lowest BCUT2D eigenvalue weighted by molar-refractivity contribution is -0.0279. The van der Waals surface area contributed by atoms with E-state index in [4.69, 9.17) is 15.5 Å². The molecule has 1 saturated heterocycles. The van der Waals surface area contributed by atoms with Gasteiger partial charge in [0.2, 0.25) is 0 Å². The average Bonchev–Trinajstić information content (AvgIpc) is 2.77. The second kappa shape index (κ2) is 5.07. The Morgan fingerprint density at radius 1 is 1.40 bits per heavy atom. The minimum absolute atomic E-state index is 0.131. The number of morpholine rings is 1. The summed E-state index contributed by atoms with van der Waals surface area (Å²) in [5.41, 5.74) is 7.82. The predicted octanol–water partition coefficient (Wildman–Crippen LogP) is 1.45. The quantitative estimate of drug-likeness (QED) is 0.920. The Morgan fingerprint density at radius 2 is 2.25 bits per heavy atom. The number of imidazole rings is 1. The number of hydrogen-bond acceptors (Lipinski definition) is 4. The van der Waals surface area contributed by atoms with Crippen molar-refractivity contribution in [3.8, 4) is 0 Å². The van der Waals surface area contributed by atoms with E-state index in [1.54, 1.807) is 0 Å². The van der Waals surface area contributed by atoms with Gasteiger partial charge in [-0.3, -0.25) is 0 Å². The summed E-state index contributed by atoms with van der Waals surface area (Å²) in [7, 11) is 0. The smallest absolute Gasteiger partial charge is 0.151 e. The third kappa shape index (κ3) is 2.39. The predicted molar refractivity (Wildman–Crippen MR) is 80.2 cm³/mol. The Balaban J connectivity index is 2.03. The second-order valence-corrected chi connectivity index (χ2v) is 5.88. The number of rotatable bonds is 3. The summed E-state index contributed by atoms with van der Waals surface area (Å²) in [5.74, 6) is 1.05. The van der Waals surface area contributed by atoms with Gasteiger partial charge < -0.3 is 19.8 Å². The first-order chi connectivity index (χ1) is 9.61. The van der Waals surface area contributed by atoms with E-state index in [9.17, 15) is 0 Å². The minimum Gasteiger partial charge on any atom is -0.372 e. The van der Waals surface area contributed by atoms with Crippen molar-refractivity contribution in [1.29, 1.82) is 0 Å². The lowest BCUT2D eigenvalue weighted by atomic mass is 10.1. The number of fused-ring (bicyclic) bond motifs is 1. The molecule has 0 atom stereocenters. The Hall–Kier alpha value is -1.59. The summed E-state index contributed by atoms with van der Waals surface area (Å²) in [6, 6.07) is 6.08. The van der Waals surface area contributed by atoms with Crippen LogP contribution in [0.1, 0.15) is 19.5 Å². The van der Waals surface area contributed by atoms with Crippen LogP contribution in [-0.4, -0.2) is 41.2 Å². The number of nitrogens with zero attached hydrogens (tertiary/aromatic N) is 3. The van der Waals surface area contributed by atoms with Crippen molar-refractivity contribution in [2.24, 2.45) is 5.73 Å². The molecule has 20 heavy (non-hydrogen) atoms. The second-order valence-electron chi connectivity index (χ2n) is 5.88. The fourth-order valence-electron chi connectivity index (χ4n) is 2.85. The Kier molecular flexibility index (Phi) is 3.40. The monoisotopic (exact) mass is 274 g/mol. The lowest BCUT2D eigenvalue weighted by Gasteiger charge is -2.38. The standard InChI is InChI=1S/C15H22N4O/c1-15(2)11-18(9-10-20-15)14-12(6-7-16)19-8-4-3-5-13(19)17-14/h3-5,8H,6-7,9-11,16H2,1-2H3. The molecule has 1 aliphatic heterocycles. The minimum atomic E-state index is -0.131. The summed E-state index contributed by atoms with van der Waals surface area (Å²) >= 11 is 0. The molecular weight excluding hydrogens is 252 g/mol. The highest BCUT2D eigenvalue weighted by atomic mass is 16.5. The third-order valence-electron chi connectivity index (χ3n) is 3.71. The van der Waals surface area contributed by atoms with Gasteiger partial charge >= 0.3 is 0 Å². The summed E-state index contributed by atoms with van der Waals surface area (Å²) in [4.78, 5) is 7.12. The molecule has 108 valence electrons. The van der Waals surface area contributed by atoms with Crippen LogP contribution in [-0.2, 0) is 11.2 Å². The Labute approximate surface area is 119 Å². The molecule has 2 aromatic rings. The van der Waals surface area contributed by atoms with Gasteiger partial charge in [0.25, 0.3) is 0 Å². The molecule has 1 aliphatic rings. The molecule has 0 spiro atoms. The third-order valence-corrected chi connectivity index (χ3v) is 3.71. The van der Waals surface area contributed by atoms with Crippen molar-refractivity contribution >= 4 is 11.5 Å². The van der Waals surface area contributed by atoms with E-state index in [1.165, 1.54) is 5.69 Å². The highest BCUT2D eigenvalue weighted by Crippen LogP contribution is 2.26. The van der Waals surface area contributed by atoms with E-state index in [0.717, 1.165) is 37.6 Å². The molecule has 3 heterocycles. The fraction of sp³-hybridized carbons (Fsp3) is 0.533. The van der Waals surface area contributed by atoms with Crippen LogP contribution in [0, 0.1) is 0 Å². The van der Waals surface area contributed by atoms with Crippen molar-refractivity contribution in [2.45, 2.75) is 25.9 Å². The van der Waals surface area contributed by atoms with Gasteiger partial charge in [0.05, 0.1) is 17.9 Å². The highest BCUT2D eigenvalue weighted by molar-refractivity contribution is 5.56. The molecule has 5 nitrogen and oxygen atoms in total. The van der Waals surface area contributed by atoms with E-state index in [-0.39, 0.29) is 5.60 Å². The number of ether oxygens (including phenoxy) is 1. The lowest BCUT2D eigenvalue weighted by Crippen LogP contribution is -2.48. The largest absolute Gasteiger partial charge is 0.372 e.